The monoisotopic (exact) mass is 292 g/mol. The molecule has 0 bridgehead atoms. The fourth-order valence-corrected chi connectivity index (χ4v) is 2.86. The van der Waals surface area contributed by atoms with E-state index < -0.39 is 0 Å². The molecular weight excluding hydrogens is 264 g/mol. The Kier molecular flexibility index (Phi) is 5.94. The molecule has 1 aromatic heterocycles. The van der Waals surface area contributed by atoms with Gasteiger partial charge in [-0.1, -0.05) is 13.8 Å². The molecule has 0 amide bonds. The molecule has 0 unspecified atom stereocenters. The van der Waals surface area contributed by atoms with Crippen LogP contribution >= 0.6 is 0 Å². The maximum absolute atomic E-state index is 8.97. The average Bonchev–Trinajstić information content (AvgIpc) is 2.49. The van der Waals surface area contributed by atoms with Gasteiger partial charge in [0.1, 0.15) is 0 Å². The van der Waals surface area contributed by atoms with Crippen LogP contribution in [0.4, 0.5) is 5.82 Å². The second-order valence-electron chi connectivity index (χ2n) is 6.36. The lowest BCUT2D eigenvalue weighted by Gasteiger charge is -2.33. The Bertz CT molecular complexity index is 413. The van der Waals surface area contributed by atoms with Gasteiger partial charge in [-0.05, 0) is 49.9 Å². The Balaban J connectivity index is 1.83. The minimum Gasteiger partial charge on any atom is -0.395 e. The summed E-state index contributed by atoms with van der Waals surface area (Å²) in [6.07, 6.45) is 2.39. The van der Waals surface area contributed by atoms with E-state index in [2.05, 4.69) is 53.0 Å². The Morgan fingerprint density at radius 2 is 2.00 bits per heavy atom. The molecular formula is C16H28N4O. The van der Waals surface area contributed by atoms with Gasteiger partial charge in [0.2, 0.25) is 0 Å². The number of β-amino-alcohol motifs (C(OH)–C–C–N with tert-alkyl or cyclic N) is 1. The van der Waals surface area contributed by atoms with Crippen LogP contribution in [-0.4, -0.2) is 60.0 Å². The second-order valence-corrected chi connectivity index (χ2v) is 6.36. The molecule has 2 heterocycles. The Labute approximate surface area is 128 Å². The lowest BCUT2D eigenvalue weighted by Crippen LogP contribution is -2.39. The first-order chi connectivity index (χ1) is 10.1. The summed E-state index contributed by atoms with van der Waals surface area (Å²) in [6.45, 7) is 8.56. The van der Waals surface area contributed by atoms with Crippen molar-refractivity contribution >= 4 is 5.82 Å². The number of aromatic nitrogens is 2. The first-order valence-corrected chi connectivity index (χ1v) is 7.98. The van der Waals surface area contributed by atoms with Crippen LogP contribution in [0.3, 0.4) is 0 Å². The largest absolute Gasteiger partial charge is 0.395 e. The first-order valence-electron chi connectivity index (χ1n) is 7.98. The van der Waals surface area contributed by atoms with Gasteiger partial charge in [0.25, 0.3) is 0 Å². The number of hydrogen-bond donors (Lipinski definition) is 1. The van der Waals surface area contributed by atoms with Crippen LogP contribution in [0.5, 0.6) is 0 Å². The van der Waals surface area contributed by atoms with Gasteiger partial charge in [0.05, 0.1) is 12.3 Å². The fourth-order valence-electron chi connectivity index (χ4n) is 2.86. The predicted octanol–water partition coefficient (Wildman–Crippen LogP) is 1.74. The Morgan fingerprint density at radius 3 is 2.52 bits per heavy atom. The van der Waals surface area contributed by atoms with Crippen LogP contribution in [0.25, 0.3) is 0 Å². The molecule has 1 fully saturated rings. The number of rotatable bonds is 6. The van der Waals surface area contributed by atoms with E-state index in [1.54, 1.807) is 0 Å². The first kappa shape index (κ1) is 16.2. The van der Waals surface area contributed by atoms with Gasteiger partial charge >= 0.3 is 0 Å². The van der Waals surface area contributed by atoms with Crippen LogP contribution in [0.15, 0.2) is 12.1 Å². The molecule has 1 aliphatic heterocycles. The maximum Gasteiger partial charge on any atom is 0.150 e. The third-order valence-corrected chi connectivity index (χ3v) is 4.31. The summed E-state index contributed by atoms with van der Waals surface area (Å²) in [6, 6.07) is 4.15. The van der Waals surface area contributed by atoms with Crippen LogP contribution in [0.1, 0.15) is 38.3 Å². The molecule has 5 heteroatoms. The van der Waals surface area contributed by atoms with Crippen LogP contribution in [0, 0.1) is 5.92 Å². The quantitative estimate of drug-likeness (QED) is 0.865. The number of nitrogens with zero attached hydrogens (tertiary/aromatic N) is 4. The van der Waals surface area contributed by atoms with Gasteiger partial charge < -0.3 is 14.9 Å². The standard InChI is InChI=1S/C16H28N4O/c1-13(2)15-4-5-16(18-17-15)19(3)12-14-6-8-20(9-7-14)10-11-21/h4-5,13-14,21H,6-12H2,1-3H3. The molecule has 5 nitrogen and oxygen atoms in total. The van der Waals surface area contributed by atoms with Crippen molar-refractivity contribution in [2.24, 2.45) is 5.92 Å². The third-order valence-electron chi connectivity index (χ3n) is 4.31. The predicted molar refractivity (Wildman–Crippen MR) is 85.6 cm³/mol. The van der Waals surface area contributed by atoms with Gasteiger partial charge in [-0.2, -0.15) is 5.10 Å². The van der Waals surface area contributed by atoms with E-state index >= 15 is 0 Å². The van der Waals surface area contributed by atoms with Gasteiger partial charge in [-0.15, -0.1) is 5.10 Å². The average molecular weight is 292 g/mol. The van der Waals surface area contributed by atoms with E-state index in [-0.39, 0.29) is 6.61 Å². The molecule has 0 spiro atoms. The van der Waals surface area contributed by atoms with E-state index in [0.29, 0.717) is 11.8 Å². The molecule has 118 valence electrons. The van der Waals surface area contributed by atoms with Crippen LogP contribution in [-0.2, 0) is 0 Å². The maximum atomic E-state index is 8.97. The van der Waals surface area contributed by atoms with Crippen molar-refractivity contribution in [2.45, 2.75) is 32.6 Å². The summed E-state index contributed by atoms with van der Waals surface area (Å²) in [4.78, 5) is 4.55. The smallest absolute Gasteiger partial charge is 0.150 e. The molecule has 1 aliphatic rings. The van der Waals surface area contributed by atoms with E-state index in [1.165, 1.54) is 12.8 Å². The zero-order valence-electron chi connectivity index (χ0n) is 13.5. The van der Waals surface area contributed by atoms with Gasteiger partial charge in [0.15, 0.2) is 5.82 Å². The molecule has 0 atom stereocenters. The van der Waals surface area contributed by atoms with E-state index in [9.17, 15) is 0 Å². The molecule has 0 aliphatic carbocycles. The molecule has 0 saturated carbocycles. The summed E-state index contributed by atoms with van der Waals surface area (Å²) in [5.74, 6) is 2.08. The normalized spacial score (nSPS) is 17.4. The molecule has 21 heavy (non-hydrogen) atoms. The Hall–Kier alpha value is -1.20. The van der Waals surface area contributed by atoms with Gasteiger partial charge in [-0.3, -0.25) is 0 Å². The van der Waals surface area contributed by atoms with Crippen molar-refractivity contribution in [2.75, 3.05) is 44.7 Å². The zero-order valence-corrected chi connectivity index (χ0v) is 13.5. The SMILES string of the molecule is CC(C)c1ccc(N(C)CC2CCN(CCO)CC2)nn1. The van der Waals surface area contributed by atoms with Crippen molar-refractivity contribution in [1.29, 1.82) is 0 Å². The van der Waals surface area contributed by atoms with Gasteiger partial charge in [0, 0.05) is 20.1 Å². The fraction of sp³-hybridized carbons (Fsp3) is 0.750. The third kappa shape index (κ3) is 4.64. The molecule has 0 aromatic carbocycles. The van der Waals surface area contributed by atoms with Crippen molar-refractivity contribution < 1.29 is 5.11 Å². The number of hydrogen-bond acceptors (Lipinski definition) is 5. The summed E-state index contributed by atoms with van der Waals surface area (Å²) in [7, 11) is 2.10. The lowest BCUT2D eigenvalue weighted by atomic mass is 9.96. The summed E-state index contributed by atoms with van der Waals surface area (Å²) in [5.41, 5.74) is 1.05. The van der Waals surface area contributed by atoms with Crippen molar-refractivity contribution in [1.82, 2.24) is 15.1 Å². The van der Waals surface area contributed by atoms with Crippen molar-refractivity contribution in [3.05, 3.63) is 17.8 Å². The van der Waals surface area contributed by atoms with Crippen LogP contribution in [0.2, 0.25) is 0 Å². The molecule has 0 radical (unpaired) electrons. The molecule has 1 saturated heterocycles. The highest BCUT2D eigenvalue weighted by molar-refractivity contribution is 5.36. The van der Waals surface area contributed by atoms with Crippen LogP contribution < -0.4 is 4.90 Å². The number of aliphatic hydroxyl groups is 1. The number of likely N-dealkylation sites (tertiary alicyclic amines) is 1. The van der Waals surface area contributed by atoms with E-state index in [0.717, 1.165) is 37.7 Å². The highest BCUT2D eigenvalue weighted by Gasteiger charge is 2.20. The summed E-state index contributed by atoms with van der Waals surface area (Å²) in [5, 5.41) is 17.6. The highest BCUT2D eigenvalue weighted by Crippen LogP contribution is 2.20. The summed E-state index contributed by atoms with van der Waals surface area (Å²) >= 11 is 0. The minimum absolute atomic E-state index is 0.266. The highest BCUT2D eigenvalue weighted by atomic mass is 16.3. The molecule has 2 rings (SSSR count). The number of anilines is 1. The number of piperidine rings is 1. The number of aliphatic hydroxyl groups excluding tert-OH is 1. The van der Waals surface area contributed by atoms with E-state index in [4.69, 9.17) is 5.11 Å². The summed E-state index contributed by atoms with van der Waals surface area (Å²) < 4.78 is 0. The second kappa shape index (κ2) is 7.71. The zero-order chi connectivity index (χ0) is 15.2. The van der Waals surface area contributed by atoms with Crippen molar-refractivity contribution in [3.63, 3.8) is 0 Å². The molecule has 1 aromatic rings. The van der Waals surface area contributed by atoms with E-state index in [1.807, 2.05) is 0 Å². The Morgan fingerprint density at radius 1 is 1.29 bits per heavy atom. The molecule has 1 N–H and O–H groups in total. The topological polar surface area (TPSA) is 52.5 Å². The van der Waals surface area contributed by atoms with Crippen molar-refractivity contribution in [3.8, 4) is 0 Å². The van der Waals surface area contributed by atoms with Gasteiger partial charge in [-0.25, -0.2) is 0 Å². The minimum atomic E-state index is 0.266. The lowest BCUT2D eigenvalue weighted by molar-refractivity contribution is 0.149.